The van der Waals surface area contributed by atoms with Crippen molar-refractivity contribution < 1.29 is 4.74 Å². The normalized spacial score (nSPS) is 20.4. The second kappa shape index (κ2) is 9.88. The van der Waals surface area contributed by atoms with Crippen LogP contribution in [0.15, 0.2) is 29.3 Å². The van der Waals surface area contributed by atoms with Crippen LogP contribution >= 0.6 is 0 Å². The standard InChI is InChI=1S/C22H34N4O/c1-26-14-12-19(13-15-26)24-22(18-6-4-3-5-7-18)25-21(23)16-17-8-10-20(27-2)11-9-17/h8-11,18-19H,3-7,12-16H2,1-2H3,(H2,23,24,25). The van der Waals surface area contributed by atoms with Crippen molar-refractivity contribution in [2.75, 3.05) is 27.2 Å². The molecule has 2 N–H and O–H groups in total. The van der Waals surface area contributed by atoms with Crippen LogP contribution in [-0.4, -0.2) is 49.9 Å². The van der Waals surface area contributed by atoms with E-state index in [9.17, 15) is 0 Å². The number of nitrogens with zero attached hydrogens (tertiary/aromatic N) is 2. The molecule has 1 saturated carbocycles. The number of aliphatic imine (C=N–C) groups is 1. The maximum absolute atomic E-state index is 8.46. The molecule has 0 bridgehead atoms. The van der Waals surface area contributed by atoms with Crippen LogP contribution < -0.4 is 10.1 Å². The van der Waals surface area contributed by atoms with Crippen LogP contribution in [-0.2, 0) is 6.42 Å². The first-order valence-electron chi connectivity index (χ1n) is 10.4. The van der Waals surface area contributed by atoms with Gasteiger partial charge in [0.05, 0.1) is 7.11 Å². The van der Waals surface area contributed by atoms with E-state index in [1.165, 1.54) is 32.1 Å². The zero-order valence-electron chi connectivity index (χ0n) is 16.8. The Labute approximate surface area is 163 Å². The molecule has 0 atom stereocenters. The van der Waals surface area contributed by atoms with Gasteiger partial charge in [-0.25, -0.2) is 4.99 Å². The summed E-state index contributed by atoms with van der Waals surface area (Å²) in [6, 6.07) is 8.44. The molecule has 0 aromatic heterocycles. The van der Waals surface area contributed by atoms with Gasteiger partial charge in [0.1, 0.15) is 17.4 Å². The van der Waals surface area contributed by atoms with Crippen LogP contribution in [0.25, 0.3) is 0 Å². The third-order valence-electron chi connectivity index (χ3n) is 5.85. The van der Waals surface area contributed by atoms with E-state index in [-0.39, 0.29) is 0 Å². The molecule has 0 radical (unpaired) electrons. The SMILES string of the molecule is COc1ccc(CC(=N)/N=C(\NC2CCN(C)CC2)C2CCCCC2)cc1. The molecule has 5 nitrogen and oxygen atoms in total. The molecular weight excluding hydrogens is 336 g/mol. The first-order valence-corrected chi connectivity index (χ1v) is 10.4. The number of piperidine rings is 1. The largest absolute Gasteiger partial charge is 0.497 e. The first kappa shape index (κ1) is 19.9. The summed E-state index contributed by atoms with van der Waals surface area (Å²) in [5.41, 5.74) is 1.10. The van der Waals surface area contributed by atoms with Crippen LogP contribution in [0.4, 0.5) is 0 Å². The molecule has 0 spiro atoms. The summed E-state index contributed by atoms with van der Waals surface area (Å²) >= 11 is 0. The van der Waals surface area contributed by atoms with Gasteiger partial charge in [0.15, 0.2) is 0 Å². The molecule has 148 valence electrons. The zero-order chi connectivity index (χ0) is 19.1. The topological polar surface area (TPSA) is 60.7 Å². The van der Waals surface area contributed by atoms with E-state index in [1.807, 2.05) is 24.3 Å². The highest BCUT2D eigenvalue weighted by atomic mass is 16.5. The van der Waals surface area contributed by atoms with Crippen molar-refractivity contribution in [3.8, 4) is 5.75 Å². The second-order valence-corrected chi connectivity index (χ2v) is 8.03. The van der Waals surface area contributed by atoms with Gasteiger partial charge >= 0.3 is 0 Å². The molecule has 1 aromatic carbocycles. The molecule has 0 unspecified atom stereocenters. The smallest absolute Gasteiger partial charge is 0.126 e. The minimum atomic E-state index is 0.446. The maximum Gasteiger partial charge on any atom is 0.126 e. The highest BCUT2D eigenvalue weighted by molar-refractivity contribution is 5.97. The molecule has 1 heterocycles. The van der Waals surface area contributed by atoms with E-state index in [1.54, 1.807) is 7.11 Å². The van der Waals surface area contributed by atoms with Crippen molar-refractivity contribution in [2.45, 2.75) is 57.4 Å². The molecule has 1 aliphatic heterocycles. The van der Waals surface area contributed by atoms with Gasteiger partial charge < -0.3 is 15.0 Å². The third-order valence-corrected chi connectivity index (χ3v) is 5.85. The first-order chi connectivity index (χ1) is 13.1. The van der Waals surface area contributed by atoms with Crippen molar-refractivity contribution in [2.24, 2.45) is 10.9 Å². The van der Waals surface area contributed by atoms with Gasteiger partial charge in [-0.1, -0.05) is 31.4 Å². The number of amidine groups is 2. The fraction of sp³-hybridized carbons (Fsp3) is 0.636. The maximum atomic E-state index is 8.46. The van der Waals surface area contributed by atoms with Crippen LogP contribution in [0.3, 0.4) is 0 Å². The number of nitrogens with one attached hydrogen (secondary N) is 2. The van der Waals surface area contributed by atoms with E-state index in [0.717, 1.165) is 43.1 Å². The Bertz CT molecular complexity index is 626. The quantitative estimate of drug-likeness (QED) is 0.611. The summed E-state index contributed by atoms with van der Waals surface area (Å²) in [4.78, 5) is 7.19. The van der Waals surface area contributed by atoms with Crippen LogP contribution in [0, 0.1) is 11.3 Å². The fourth-order valence-corrected chi connectivity index (χ4v) is 4.10. The Balaban J connectivity index is 1.66. The third kappa shape index (κ3) is 6.06. The molecular formula is C22H34N4O. The second-order valence-electron chi connectivity index (χ2n) is 8.03. The highest BCUT2D eigenvalue weighted by Crippen LogP contribution is 2.25. The molecule has 1 saturated heterocycles. The van der Waals surface area contributed by atoms with Crippen LogP contribution in [0.1, 0.15) is 50.5 Å². The number of hydrogen-bond donors (Lipinski definition) is 2. The number of likely N-dealkylation sites (tertiary alicyclic amines) is 1. The van der Waals surface area contributed by atoms with Gasteiger partial charge in [-0.15, -0.1) is 0 Å². The average Bonchev–Trinajstić information content (AvgIpc) is 2.70. The Hall–Kier alpha value is -1.88. The van der Waals surface area contributed by atoms with Gasteiger partial charge in [0, 0.05) is 18.4 Å². The lowest BCUT2D eigenvalue weighted by Gasteiger charge is -2.33. The minimum absolute atomic E-state index is 0.446. The number of benzene rings is 1. The van der Waals surface area contributed by atoms with Gasteiger partial charge in [0.2, 0.25) is 0 Å². The predicted octanol–water partition coefficient (Wildman–Crippen LogP) is 3.88. The van der Waals surface area contributed by atoms with Crippen molar-refractivity contribution in [3.63, 3.8) is 0 Å². The highest BCUT2D eigenvalue weighted by Gasteiger charge is 2.24. The van der Waals surface area contributed by atoms with Gasteiger partial charge in [-0.3, -0.25) is 5.41 Å². The Morgan fingerprint density at radius 1 is 1.11 bits per heavy atom. The summed E-state index contributed by atoms with van der Waals surface area (Å²) in [5, 5.41) is 12.2. The lowest BCUT2D eigenvalue weighted by molar-refractivity contribution is 0.245. The Morgan fingerprint density at radius 3 is 2.41 bits per heavy atom. The Kier molecular flexibility index (Phi) is 7.27. The van der Waals surface area contributed by atoms with Crippen LogP contribution in [0.2, 0.25) is 0 Å². The lowest BCUT2D eigenvalue weighted by Crippen LogP contribution is -2.46. The zero-order valence-corrected chi connectivity index (χ0v) is 16.8. The van der Waals surface area contributed by atoms with Crippen molar-refractivity contribution in [1.82, 2.24) is 10.2 Å². The summed E-state index contributed by atoms with van der Waals surface area (Å²) in [6.07, 6.45) is 9.19. The van der Waals surface area contributed by atoms with E-state index in [2.05, 4.69) is 17.3 Å². The molecule has 0 amide bonds. The van der Waals surface area contributed by atoms with Gasteiger partial charge in [0.25, 0.3) is 0 Å². The molecule has 1 aliphatic carbocycles. The number of hydrogen-bond acceptors (Lipinski definition) is 3. The predicted molar refractivity (Wildman–Crippen MR) is 112 cm³/mol. The Morgan fingerprint density at radius 2 is 1.78 bits per heavy atom. The molecule has 2 fully saturated rings. The van der Waals surface area contributed by atoms with Crippen LogP contribution in [0.5, 0.6) is 5.75 Å². The van der Waals surface area contributed by atoms with Crippen molar-refractivity contribution >= 4 is 11.7 Å². The minimum Gasteiger partial charge on any atom is -0.497 e. The molecule has 27 heavy (non-hydrogen) atoms. The molecule has 3 rings (SSSR count). The van der Waals surface area contributed by atoms with E-state index < -0.39 is 0 Å². The number of ether oxygens (including phenoxy) is 1. The average molecular weight is 371 g/mol. The molecule has 1 aromatic rings. The fourth-order valence-electron chi connectivity index (χ4n) is 4.10. The van der Waals surface area contributed by atoms with Gasteiger partial charge in [-0.05, 0) is 63.5 Å². The lowest BCUT2D eigenvalue weighted by atomic mass is 9.87. The monoisotopic (exact) mass is 370 g/mol. The van der Waals surface area contributed by atoms with E-state index >= 15 is 0 Å². The number of methoxy groups -OCH3 is 1. The summed E-state index contributed by atoms with van der Waals surface area (Å²) in [5.74, 6) is 2.86. The van der Waals surface area contributed by atoms with Crippen molar-refractivity contribution in [3.05, 3.63) is 29.8 Å². The summed E-state index contributed by atoms with van der Waals surface area (Å²) < 4.78 is 5.22. The number of rotatable bonds is 5. The summed E-state index contributed by atoms with van der Waals surface area (Å²) in [7, 11) is 3.86. The van der Waals surface area contributed by atoms with Gasteiger partial charge in [-0.2, -0.15) is 0 Å². The van der Waals surface area contributed by atoms with E-state index in [0.29, 0.717) is 24.2 Å². The van der Waals surface area contributed by atoms with E-state index in [4.69, 9.17) is 15.1 Å². The molecule has 5 heteroatoms. The van der Waals surface area contributed by atoms with Crippen molar-refractivity contribution in [1.29, 1.82) is 5.41 Å². The summed E-state index contributed by atoms with van der Waals surface area (Å²) in [6.45, 7) is 2.28. The molecule has 2 aliphatic rings.